The molecule has 1 fully saturated rings. The first kappa shape index (κ1) is 21.5. The Morgan fingerprint density at radius 2 is 1.76 bits per heavy atom. The molecule has 2 aromatic heterocycles. The van der Waals surface area contributed by atoms with Crippen LogP contribution in [0.1, 0.15) is 40.0 Å². The van der Waals surface area contributed by atoms with Crippen LogP contribution in [0.4, 0.5) is 5.82 Å². The second-order valence-corrected chi connectivity index (χ2v) is 10.2. The molecular weight excluding hydrogens is 408 g/mol. The zero-order valence-electron chi connectivity index (χ0n) is 19.9. The smallest absolute Gasteiger partial charge is 0.150 e. The second-order valence-electron chi connectivity index (χ2n) is 10.2. The number of rotatable bonds is 5. The highest BCUT2D eigenvalue weighted by atomic mass is 16.5. The van der Waals surface area contributed by atoms with Crippen LogP contribution < -0.4 is 10.1 Å². The van der Waals surface area contributed by atoms with Crippen LogP contribution in [0.25, 0.3) is 27.8 Å². The first-order chi connectivity index (χ1) is 15.9. The van der Waals surface area contributed by atoms with E-state index in [2.05, 4.69) is 73.3 Å². The van der Waals surface area contributed by atoms with Crippen molar-refractivity contribution in [2.24, 2.45) is 11.3 Å². The van der Waals surface area contributed by atoms with Gasteiger partial charge in [-0.05, 0) is 60.4 Å². The molecule has 170 valence electrons. The van der Waals surface area contributed by atoms with Gasteiger partial charge < -0.3 is 14.6 Å². The zero-order chi connectivity index (χ0) is 23.0. The third kappa shape index (κ3) is 4.32. The van der Waals surface area contributed by atoms with Gasteiger partial charge in [0, 0.05) is 23.5 Å². The zero-order valence-corrected chi connectivity index (χ0v) is 19.9. The molecule has 2 atom stereocenters. The third-order valence-corrected chi connectivity index (χ3v) is 6.75. The average molecular weight is 441 g/mol. The highest BCUT2D eigenvalue weighted by Crippen LogP contribution is 2.41. The van der Waals surface area contributed by atoms with E-state index in [0.29, 0.717) is 17.4 Å². The maximum absolute atomic E-state index is 5.35. The van der Waals surface area contributed by atoms with Crippen LogP contribution >= 0.6 is 0 Å². The number of anilines is 1. The lowest BCUT2D eigenvalue weighted by Gasteiger charge is -2.39. The van der Waals surface area contributed by atoms with E-state index in [1.54, 1.807) is 13.4 Å². The molecule has 4 aromatic rings. The number of aromatic nitrogens is 3. The van der Waals surface area contributed by atoms with Gasteiger partial charge in [0.25, 0.3) is 0 Å². The van der Waals surface area contributed by atoms with Gasteiger partial charge >= 0.3 is 0 Å². The van der Waals surface area contributed by atoms with Crippen LogP contribution in [-0.4, -0.2) is 27.7 Å². The van der Waals surface area contributed by atoms with Crippen molar-refractivity contribution in [1.82, 2.24) is 14.5 Å². The number of ether oxygens (including phenoxy) is 1. The number of nitrogens with zero attached hydrogens (tertiary/aromatic N) is 3. The number of hydrogen-bond donors (Lipinski definition) is 1. The van der Waals surface area contributed by atoms with Crippen LogP contribution in [0.15, 0.2) is 67.1 Å². The molecule has 1 N–H and O–H groups in total. The summed E-state index contributed by atoms with van der Waals surface area (Å²) in [5.74, 6) is 2.45. The van der Waals surface area contributed by atoms with Crippen molar-refractivity contribution in [3.8, 4) is 22.6 Å². The lowest BCUT2D eigenvalue weighted by atomic mass is 9.70. The number of methoxy groups -OCH3 is 1. The van der Waals surface area contributed by atoms with Crippen molar-refractivity contribution in [3.63, 3.8) is 0 Å². The van der Waals surface area contributed by atoms with Gasteiger partial charge in [-0.3, -0.25) is 0 Å². The summed E-state index contributed by atoms with van der Waals surface area (Å²) < 4.78 is 7.50. The molecule has 0 spiro atoms. The average Bonchev–Trinajstić information content (AvgIpc) is 3.19. The SMILES string of the molecule is COc1ccc(-n2cc(-c3ccccc3)c3c(N[C@@H]4C[C@@H](C)CC(C)(C)C4)ncnc32)cc1. The minimum absolute atomic E-state index is 0.332. The molecule has 5 rings (SSSR count). The number of nitrogens with one attached hydrogen (secondary N) is 1. The topological polar surface area (TPSA) is 52.0 Å². The fourth-order valence-corrected chi connectivity index (χ4v) is 5.60. The van der Waals surface area contributed by atoms with E-state index in [1.165, 1.54) is 6.42 Å². The van der Waals surface area contributed by atoms with Gasteiger partial charge in [0.1, 0.15) is 17.9 Å². The Bertz CT molecular complexity index is 1240. The van der Waals surface area contributed by atoms with Crippen molar-refractivity contribution < 1.29 is 4.74 Å². The fourth-order valence-electron chi connectivity index (χ4n) is 5.60. The maximum Gasteiger partial charge on any atom is 0.150 e. The van der Waals surface area contributed by atoms with Crippen LogP contribution in [-0.2, 0) is 0 Å². The molecule has 1 aliphatic carbocycles. The summed E-state index contributed by atoms with van der Waals surface area (Å²) in [6.45, 7) is 7.12. The molecule has 0 radical (unpaired) electrons. The summed E-state index contributed by atoms with van der Waals surface area (Å²) in [7, 11) is 1.69. The molecule has 0 bridgehead atoms. The van der Waals surface area contributed by atoms with E-state index >= 15 is 0 Å². The van der Waals surface area contributed by atoms with Gasteiger partial charge in [-0.15, -0.1) is 0 Å². The van der Waals surface area contributed by atoms with Gasteiger partial charge in [0.15, 0.2) is 5.65 Å². The highest BCUT2D eigenvalue weighted by Gasteiger charge is 2.32. The molecule has 0 aliphatic heterocycles. The van der Waals surface area contributed by atoms with Gasteiger partial charge in [0.2, 0.25) is 0 Å². The third-order valence-electron chi connectivity index (χ3n) is 6.75. The van der Waals surface area contributed by atoms with E-state index in [-0.39, 0.29) is 0 Å². The summed E-state index contributed by atoms with van der Waals surface area (Å²) in [5, 5.41) is 4.88. The van der Waals surface area contributed by atoms with Crippen LogP contribution in [0.3, 0.4) is 0 Å². The Labute approximate surface area is 195 Å². The standard InChI is InChI=1S/C28H32N4O/c1-19-14-21(16-28(2,3)15-19)31-26-25-24(20-8-6-5-7-9-20)17-32(27(25)30-18-29-26)22-10-12-23(33-4)13-11-22/h5-13,17-19,21H,14-16H2,1-4H3,(H,29,30,31)/t19-,21-/m1/s1. The normalized spacial score (nSPS) is 20.0. The summed E-state index contributed by atoms with van der Waals surface area (Å²) in [6, 6.07) is 19.0. The van der Waals surface area contributed by atoms with E-state index in [0.717, 1.165) is 52.3 Å². The van der Waals surface area contributed by atoms with Gasteiger partial charge in [0.05, 0.1) is 12.5 Å². The van der Waals surface area contributed by atoms with Crippen LogP contribution in [0, 0.1) is 11.3 Å². The van der Waals surface area contributed by atoms with Gasteiger partial charge in [-0.25, -0.2) is 9.97 Å². The van der Waals surface area contributed by atoms with Gasteiger partial charge in [-0.1, -0.05) is 51.1 Å². The predicted molar refractivity (Wildman–Crippen MR) is 135 cm³/mol. The first-order valence-corrected chi connectivity index (χ1v) is 11.8. The first-order valence-electron chi connectivity index (χ1n) is 11.8. The van der Waals surface area contributed by atoms with Gasteiger partial charge in [-0.2, -0.15) is 0 Å². The summed E-state index contributed by atoms with van der Waals surface area (Å²) in [4.78, 5) is 9.46. The molecule has 5 nitrogen and oxygen atoms in total. The largest absolute Gasteiger partial charge is 0.497 e. The molecule has 0 amide bonds. The Balaban J connectivity index is 1.64. The van der Waals surface area contributed by atoms with E-state index < -0.39 is 0 Å². The lowest BCUT2D eigenvalue weighted by molar-refractivity contribution is 0.178. The molecule has 1 saturated carbocycles. The maximum atomic E-state index is 5.35. The van der Waals surface area contributed by atoms with Crippen molar-refractivity contribution in [1.29, 1.82) is 0 Å². The molecular formula is C28H32N4O. The summed E-state index contributed by atoms with van der Waals surface area (Å²) in [5.41, 5.74) is 4.57. The Kier molecular flexibility index (Phi) is 5.57. The Morgan fingerprint density at radius 3 is 2.45 bits per heavy atom. The van der Waals surface area contributed by atoms with Crippen molar-refractivity contribution in [3.05, 3.63) is 67.1 Å². The minimum atomic E-state index is 0.332. The molecule has 0 saturated heterocycles. The van der Waals surface area contributed by atoms with Crippen molar-refractivity contribution >= 4 is 16.9 Å². The Hall–Kier alpha value is -3.34. The molecule has 5 heteroatoms. The highest BCUT2D eigenvalue weighted by molar-refractivity contribution is 6.02. The van der Waals surface area contributed by atoms with Crippen molar-refractivity contribution in [2.75, 3.05) is 12.4 Å². The summed E-state index contributed by atoms with van der Waals surface area (Å²) >= 11 is 0. The lowest BCUT2D eigenvalue weighted by Crippen LogP contribution is -2.35. The fraction of sp³-hybridized carbons (Fsp3) is 0.357. The number of hydrogen-bond acceptors (Lipinski definition) is 4. The van der Waals surface area contributed by atoms with Crippen LogP contribution in [0.2, 0.25) is 0 Å². The molecule has 2 heterocycles. The number of benzene rings is 2. The second kappa shape index (κ2) is 8.54. The van der Waals surface area contributed by atoms with E-state index in [9.17, 15) is 0 Å². The Morgan fingerprint density at radius 1 is 1.00 bits per heavy atom. The monoisotopic (exact) mass is 440 g/mol. The number of fused-ring (bicyclic) bond motifs is 1. The molecule has 2 aromatic carbocycles. The molecule has 0 unspecified atom stereocenters. The molecule has 33 heavy (non-hydrogen) atoms. The quantitative estimate of drug-likeness (QED) is 0.374. The minimum Gasteiger partial charge on any atom is -0.497 e. The van der Waals surface area contributed by atoms with Crippen LogP contribution in [0.5, 0.6) is 5.75 Å². The van der Waals surface area contributed by atoms with E-state index in [4.69, 9.17) is 14.7 Å². The predicted octanol–water partition coefficient (Wildman–Crippen LogP) is 6.72. The van der Waals surface area contributed by atoms with Crippen molar-refractivity contribution in [2.45, 2.75) is 46.1 Å². The summed E-state index contributed by atoms with van der Waals surface area (Å²) in [6.07, 6.45) is 7.43. The molecule has 1 aliphatic rings. The van der Waals surface area contributed by atoms with E-state index in [1.807, 2.05) is 18.2 Å².